The third-order valence-corrected chi connectivity index (χ3v) is 3.91. The topological polar surface area (TPSA) is 33.1 Å². The quantitative estimate of drug-likeness (QED) is 0.914. The number of fused-ring (bicyclic) bond motifs is 1. The standard InChI is InChI=1S/C15H21FN4/c1-10(2)20-11(3)18-15-13(16)8-12(9-14(15)20)19-6-4-17-5-7-19/h8-10,17H,4-7H2,1-3H3. The summed E-state index contributed by atoms with van der Waals surface area (Å²) in [6.07, 6.45) is 0. The van der Waals surface area contributed by atoms with E-state index < -0.39 is 0 Å². The Morgan fingerprint density at radius 3 is 2.60 bits per heavy atom. The molecule has 5 heteroatoms. The fourth-order valence-electron chi connectivity index (χ4n) is 3.01. The third kappa shape index (κ3) is 2.16. The highest BCUT2D eigenvalue weighted by atomic mass is 19.1. The Morgan fingerprint density at radius 2 is 1.95 bits per heavy atom. The Hall–Kier alpha value is -1.62. The van der Waals surface area contributed by atoms with Crippen LogP contribution in [0, 0.1) is 12.7 Å². The Labute approximate surface area is 118 Å². The number of hydrogen-bond acceptors (Lipinski definition) is 3. The van der Waals surface area contributed by atoms with Crippen molar-refractivity contribution in [3.8, 4) is 0 Å². The predicted octanol–water partition coefficient (Wildman–Crippen LogP) is 2.47. The van der Waals surface area contributed by atoms with E-state index in [9.17, 15) is 4.39 Å². The van der Waals surface area contributed by atoms with Crippen LogP contribution in [0.5, 0.6) is 0 Å². The minimum Gasteiger partial charge on any atom is -0.369 e. The van der Waals surface area contributed by atoms with Crippen molar-refractivity contribution in [1.82, 2.24) is 14.9 Å². The van der Waals surface area contributed by atoms with Gasteiger partial charge in [0, 0.05) is 37.9 Å². The molecule has 0 radical (unpaired) electrons. The summed E-state index contributed by atoms with van der Waals surface area (Å²) >= 11 is 0. The van der Waals surface area contributed by atoms with Gasteiger partial charge in [0.25, 0.3) is 0 Å². The predicted molar refractivity (Wildman–Crippen MR) is 79.9 cm³/mol. The number of anilines is 1. The summed E-state index contributed by atoms with van der Waals surface area (Å²) in [6, 6.07) is 3.96. The summed E-state index contributed by atoms with van der Waals surface area (Å²) in [5.41, 5.74) is 2.33. The van der Waals surface area contributed by atoms with Gasteiger partial charge in [-0.2, -0.15) is 0 Å². The maximum Gasteiger partial charge on any atom is 0.153 e. The van der Waals surface area contributed by atoms with E-state index in [1.54, 1.807) is 6.07 Å². The fraction of sp³-hybridized carbons (Fsp3) is 0.533. The first-order valence-corrected chi connectivity index (χ1v) is 7.21. The van der Waals surface area contributed by atoms with Gasteiger partial charge in [0.2, 0.25) is 0 Å². The number of imidazole rings is 1. The molecule has 0 bridgehead atoms. The largest absolute Gasteiger partial charge is 0.369 e. The molecule has 0 aliphatic carbocycles. The van der Waals surface area contributed by atoms with Gasteiger partial charge in [-0.25, -0.2) is 9.37 Å². The van der Waals surface area contributed by atoms with Gasteiger partial charge in [-0.1, -0.05) is 0 Å². The lowest BCUT2D eigenvalue weighted by Crippen LogP contribution is -2.43. The van der Waals surface area contributed by atoms with E-state index >= 15 is 0 Å². The number of halogens is 1. The molecule has 1 N–H and O–H groups in total. The van der Waals surface area contributed by atoms with Crippen molar-refractivity contribution in [3.05, 3.63) is 23.8 Å². The number of aryl methyl sites for hydroxylation is 1. The van der Waals surface area contributed by atoms with Gasteiger partial charge < -0.3 is 14.8 Å². The zero-order valence-electron chi connectivity index (χ0n) is 12.3. The lowest BCUT2D eigenvalue weighted by atomic mass is 10.2. The zero-order chi connectivity index (χ0) is 14.3. The molecular weight excluding hydrogens is 255 g/mol. The number of rotatable bonds is 2. The highest BCUT2D eigenvalue weighted by Gasteiger charge is 2.18. The second-order valence-electron chi connectivity index (χ2n) is 5.66. The fourth-order valence-corrected chi connectivity index (χ4v) is 3.01. The van der Waals surface area contributed by atoms with Crippen molar-refractivity contribution in [3.63, 3.8) is 0 Å². The molecule has 1 aromatic carbocycles. The van der Waals surface area contributed by atoms with E-state index in [1.165, 1.54) is 0 Å². The van der Waals surface area contributed by atoms with Crippen molar-refractivity contribution < 1.29 is 4.39 Å². The van der Waals surface area contributed by atoms with Gasteiger partial charge in [-0.3, -0.25) is 0 Å². The van der Waals surface area contributed by atoms with Crippen LogP contribution in [0.15, 0.2) is 12.1 Å². The molecule has 0 saturated carbocycles. The van der Waals surface area contributed by atoms with Crippen molar-refractivity contribution >= 4 is 16.7 Å². The molecule has 2 aromatic rings. The van der Waals surface area contributed by atoms with Crippen LogP contribution < -0.4 is 10.2 Å². The Morgan fingerprint density at radius 1 is 1.25 bits per heavy atom. The summed E-state index contributed by atoms with van der Waals surface area (Å²) in [7, 11) is 0. The van der Waals surface area contributed by atoms with Crippen molar-refractivity contribution in [2.24, 2.45) is 0 Å². The minimum absolute atomic E-state index is 0.224. The highest BCUT2D eigenvalue weighted by Crippen LogP contribution is 2.28. The number of hydrogen-bond donors (Lipinski definition) is 1. The van der Waals surface area contributed by atoms with Crippen LogP contribution in [0.25, 0.3) is 11.0 Å². The van der Waals surface area contributed by atoms with E-state index in [2.05, 4.69) is 39.7 Å². The van der Waals surface area contributed by atoms with Gasteiger partial charge in [0.05, 0.1) is 5.52 Å². The van der Waals surface area contributed by atoms with Gasteiger partial charge >= 0.3 is 0 Å². The second kappa shape index (κ2) is 5.05. The summed E-state index contributed by atoms with van der Waals surface area (Å²) in [4.78, 5) is 6.61. The van der Waals surface area contributed by atoms with Crippen LogP contribution in [0.4, 0.5) is 10.1 Å². The average molecular weight is 276 g/mol. The number of nitrogens with zero attached hydrogens (tertiary/aromatic N) is 3. The number of benzene rings is 1. The molecule has 0 unspecified atom stereocenters. The third-order valence-electron chi connectivity index (χ3n) is 3.91. The molecule has 2 heterocycles. The summed E-state index contributed by atoms with van der Waals surface area (Å²) < 4.78 is 16.4. The normalized spacial score (nSPS) is 16.4. The molecule has 1 aliphatic rings. The van der Waals surface area contributed by atoms with Gasteiger partial charge in [0.1, 0.15) is 11.3 Å². The van der Waals surface area contributed by atoms with E-state index in [0.717, 1.165) is 43.2 Å². The minimum atomic E-state index is -0.224. The van der Waals surface area contributed by atoms with Crippen LogP contribution in [-0.4, -0.2) is 35.7 Å². The van der Waals surface area contributed by atoms with Crippen molar-refractivity contribution in [2.45, 2.75) is 26.8 Å². The molecular formula is C15H21FN4. The molecule has 1 fully saturated rings. The van der Waals surface area contributed by atoms with Crippen LogP contribution in [0.3, 0.4) is 0 Å². The molecule has 4 nitrogen and oxygen atoms in total. The molecule has 1 aliphatic heterocycles. The first-order valence-electron chi connectivity index (χ1n) is 7.21. The number of piperazine rings is 1. The Bertz CT molecular complexity index is 626. The lowest BCUT2D eigenvalue weighted by molar-refractivity contribution is 0.584. The molecule has 0 atom stereocenters. The maximum atomic E-state index is 14.3. The van der Waals surface area contributed by atoms with E-state index in [4.69, 9.17) is 0 Å². The van der Waals surface area contributed by atoms with Gasteiger partial charge in [-0.15, -0.1) is 0 Å². The zero-order valence-corrected chi connectivity index (χ0v) is 12.3. The average Bonchev–Trinajstić information content (AvgIpc) is 2.76. The first kappa shape index (κ1) is 13.4. The van der Waals surface area contributed by atoms with Crippen molar-refractivity contribution in [2.75, 3.05) is 31.1 Å². The van der Waals surface area contributed by atoms with Crippen LogP contribution in [0.2, 0.25) is 0 Å². The molecule has 3 rings (SSSR count). The van der Waals surface area contributed by atoms with Gasteiger partial charge in [0.15, 0.2) is 5.82 Å². The second-order valence-corrected chi connectivity index (χ2v) is 5.66. The SMILES string of the molecule is Cc1nc2c(F)cc(N3CCNCC3)cc2n1C(C)C. The van der Waals surface area contributed by atoms with Crippen LogP contribution in [0.1, 0.15) is 25.7 Å². The molecule has 1 saturated heterocycles. The summed E-state index contributed by atoms with van der Waals surface area (Å²) in [5.74, 6) is 0.643. The number of aromatic nitrogens is 2. The molecule has 0 amide bonds. The van der Waals surface area contributed by atoms with E-state index in [0.29, 0.717) is 5.52 Å². The summed E-state index contributed by atoms with van der Waals surface area (Å²) in [5, 5.41) is 3.32. The van der Waals surface area contributed by atoms with E-state index in [1.807, 2.05) is 6.92 Å². The highest BCUT2D eigenvalue weighted by molar-refractivity contribution is 5.81. The van der Waals surface area contributed by atoms with Crippen LogP contribution >= 0.6 is 0 Å². The monoisotopic (exact) mass is 276 g/mol. The molecule has 1 aromatic heterocycles. The Kier molecular flexibility index (Phi) is 3.38. The molecule has 0 spiro atoms. The lowest BCUT2D eigenvalue weighted by Gasteiger charge is -2.29. The van der Waals surface area contributed by atoms with Gasteiger partial charge in [-0.05, 0) is 32.9 Å². The molecule has 20 heavy (non-hydrogen) atoms. The molecule has 108 valence electrons. The Balaban J connectivity index is 2.13. The van der Waals surface area contributed by atoms with Crippen molar-refractivity contribution in [1.29, 1.82) is 0 Å². The summed E-state index contributed by atoms with van der Waals surface area (Å²) in [6.45, 7) is 9.86. The first-order chi connectivity index (χ1) is 9.58. The van der Waals surface area contributed by atoms with E-state index in [-0.39, 0.29) is 11.9 Å². The number of nitrogens with one attached hydrogen (secondary N) is 1. The smallest absolute Gasteiger partial charge is 0.153 e. The van der Waals surface area contributed by atoms with Crippen LogP contribution in [-0.2, 0) is 0 Å². The maximum absolute atomic E-state index is 14.3.